The fraction of sp³-hybridized carbons (Fsp3) is 0.667. The monoisotopic (exact) mass is 357 g/mol. The van der Waals surface area contributed by atoms with Crippen molar-refractivity contribution in [1.82, 2.24) is 9.72 Å². The van der Waals surface area contributed by atoms with Crippen LogP contribution in [0.25, 0.3) is 0 Å². The molecule has 0 saturated carbocycles. The van der Waals surface area contributed by atoms with Crippen molar-refractivity contribution in [2.24, 2.45) is 5.73 Å². The van der Waals surface area contributed by atoms with Crippen LogP contribution in [0, 0.1) is 6.92 Å². The number of carbonyl (C=O) groups excluding carboxylic acids is 1. The summed E-state index contributed by atoms with van der Waals surface area (Å²) in [4.78, 5) is 46.4. The smallest absolute Gasteiger partial charge is 0.423 e. The first-order valence-electron chi connectivity index (χ1n) is 7.71. The average molecular weight is 357 g/mol. The lowest BCUT2D eigenvalue weighted by atomic mass is 9.93. The van der Waals surface area contributed by atoms with Gasteiger partial charge in [-0.1, -0.05) is 5.16 Å². The van der Waals surface area contributed by atoms with Crippen molar-refractivity contribution >= 4 is 11.9 Å². The van der Waals surface area contributed by atoms with Gasteiger partial charge in [-0.2, -0.15) is 0 Å². The van der Waals surface area contributed by atoms with Gasteiger partial charge in [-0.05, 0) is 47.0 Å². The zero-order valence-electron chi connectivity index (χ0n) is 14.7. The molecule has 0 fully saturated rings. The summed E-state index contributed by atoms with van der Waals surface area (Å²) in [6.07, 6.45) is 0.342. The molecule has 1 atom stereocenters. The summed E-state index contributed by atoms with van der Waals surface area (Å²) in [5, 5.41) is 12.7. The highest BCUT2D eigenvalue weighted by Gasteiger charge is 2.44. The quantitative estimate of drug-likeness (QED) is 0.292. The number of unbranched alkanes of at least 4 members (excludes halogenated alkanes) is 1. The molecule has 0 bridgehead atoms. The Kier molecular flexibility index (Phi) is 6.25. The van der Waals surface area contributed by atoms with Gasteiger partial charge in [0.2, 0.25) is 5.54 Å². The molecule has 3 N–H and O–H groups in total. The molecule has 0 spiro atoms. The number of hydrogen-bond donors (Lipinski definition) is 2. The zero-order valence-corrected chi connectivity index (χ0v) is 14.7. The van der Waals surface area contributed by atoms with Crippen LogP contribution in [0.5, 0.6) is 0 Å². The standard InChI is InChI=1S/C15H23N3O7/c1-9-17-25-11(20)10(19)18(9)8-6-5-7-15(16,12(21)22)13(23)24-14(2,3)4/h5-8,16H2,1-4H3,(H,21,22). The Morgan fingerprint density at radius 1 is 1.28 bits per heavy atom. The maximum atomic E-state index is 12.1. The van der Waals surface area contributed by atoms with Gasteiger partial charge < -0.3 is 20.1 Å². The van der Waals surface area contributed by atoms with Crippen LogP contribution in [0.3, 0.4) is 0 Å². The van der Waals surface area contributed by atoms with Crippen molar-refractivity contribution in [1.29, 1.82) is 0 Å². The second-order valence-electron chi connectivity index (χ2n) is 6.71. The summed E-state index contributed by atoms with van der Waals surface area (Å²) in [6, 6.07) is 0. The molecule has 0 aliphatic rings. The van der Waals surface area contributed by atoms with Gasteiger partial charge in [0.15, 0.2) is 0 Å². The Morgan fingerprint density at radius 2 is 1.88 bits per heavy atom. The Bertz CT molecular complexity index is 760. The van der Waals surface area contributed by atoms with E-state index in [0.29, 0.717) is 6.42 Å². The molecule has 10 heteroatoms. The van der Waals surface area contributed by atoms with E-state index in [0.717, 1.165) is 4.57 Å². The molecule has 1 aromatic heterocycles. The first-order chi connectivity index (χ1) is 11.4. The lowest BCUT2D eigenvalue weighted by Crippen LogP contribution is -2.57. The summed E-state index contributed by atoms with van der Waals surface area (Å²) in [5.74, 6) is -2.30. The van der Waals surface area contributed by atoms with Crippen LogP contribution in [0.15, 0.2) is 14.1 Å². The predicted octanol–water partition coefficient (Wildman–Crippen LogP) is -0.201. The van der Waals surface area contributed by atoms with Crippen LogP contribution in [0.2, 0.25) is 0 Å². The molecule has 1 rings (SSSR count). The topological polar surface area (TPSA) is 155 Å². The van der Waals surface area contributed by atoms with Crippen LogP contribution in [-0.2, 0) is 20.9 Å². The van der Waals surface area contributed by atoms with Crippen LogP contribution in [-0.4, -0.2) is 37.9 Å². The van der Waals surface area contributed by atoms with E-state index in [1.807, 2.05) is 0 Å². The number of aryl methyl sites for hydroxylation is 1. The summed E-state index contributed by atoms with van der Waals surface area (Å²) in [6.45, 7) is 6.44. The molecule has 1 aromatic rings. The number of nitrogens with zero attached hydrogens (tertiary/aromatic N) is 2. The van der Waals surface area contributed by atoms with Crippen molar-refractivity contribution in [3.63, 3.8) is 0 Å². The molecule has 25 heavy (non-hydrogen) atoms. The Hall–Kier alpha value is -2.49. The number of ether oxygens (including phenoxy) is 1. The molecule has 1 heterocycles. The molecule has 0 amide bonds. The summed E-state index contributed by atoms with van der Waals surface area (Å²) >= 11 is 0. The fourth-order valence-electron chi connectivity index (χ4n) is 2.06. The van der Waals surface area contributed by atoms with Gasteiger partial charge in [-0.3, -0.25) is 9.36 Å². The first kappa shape index (κ1) is 20.6. The normalized spacial score (nSPS) is 14.0. The van der Waals surface area contributed by atoms with Crippen molar-refractivity contribution in [3.8, 4) is 0 Å². The third-order valence-electron chi connectivity index (χ3n) is 3.42. The van der Waals surface area contributed by atoms with Crippen LogP contribution >= 0.6 is 0 Å². The van der Waals surface area contributed by atoms with Crippen LogP contribution in [0.1, 0.15) is 45.9 Å². The molecule has 1 unspecified atom stereocenters. The Morgan fingerprint density at radius 3 is 2.40 bits per heavy atom. The molecule has 0 aliphatic heterocycles. The summed E-state index contributed by atoms with van der Waals surface area (Å²) < 4.78 is 10.5. The highest BCUT2D eigenvalue weighted by atomic mass is 16.6. The molecular formula is C15H23N3O7. The fourth-order valence-corrected chi connectivity index (χ4v) is 2.06. The molecule has 0 radical (unpaired) electrons. The number of esters is 1. The van der Waals surface area contributed by atoms with Gasteiger partial charge in [0.25, 0.3) is 0 Å². The van der Waals surface area contributed by atoms with E-state index in [2.05, 4.69) is 9.68 Å². The molecule has 140 valence electrons. The highest BCUT2D eigenvalue weighted by molar-refractivity contribution is 6.03. The molecule has 0 aliphatic carbocycles. The second-order valence-corrected chi connectivity index (χ2v) is 6.71. The molecule has 10 nitrogen and oxygen atoms in total. The minimum atomic E-state index is -2.18. The summed E-state index contributed by atoms with van der Waals surface area (Å²) in [7, 11) is 0. The van der Waals surface area contributed by atoms with Crippen molar-refractivity contribution in [2.45, 2.75) is 64.6 Å². The predicted molar refractivity (Wildman–Crippen MR) is 86.0 cm³/mol. The number of aliphatic carboxylic acids is 1. The lowest BCUT2D eigenvalue weighted by Gasteiger charge is -2.28. The van der Waals surface area contributed by atoms with Gasteiger partial charge in [0.1, 0.15) is 11.4 Å². The number of rotatable bonds is 7. The van der Waals surface area contributed by atoms with Gasteiger partial charge >= 0.3 is 23.1 Å². The number of nitrogens with two attached hydrogens (primary N) is 1. The van der Waals surface area contributed by atoms with E-state index in [1.54, 1.807) is 20.8 Å². The van der Waals surface area contributed by atoms with E-state index >= 15 is 0 Å². The van der Waals surface area contributed by atoms with Crippen molar-refractivity contribution < 1.29 is 24.0 Å². The second kappa shape index (κ2) is 7.60. The van der Waals surface area contributed by atoms with Crippen molar-refractivity contribution in [2.75, 3.05) is 0 Å². The van der Waals surface area contributed by atoms with E-state index in [-0.39, 0.29) is 25.2 Å². The molecular weight excluding hydrogens is 334 g/mol. The van der Waals surface area contributed by atoms with Crippen LogP contribution < -0.4 is 16.9 Å². The molecule has 0 saturated heterocycles. The third kappa shape index (κ3) is 5.24. The van der Waals surface area contributed by atoms with Gasteiger partial charge in [0, 0.05) is 6.54 Å². The van der Waals surface area contributed by atoms with Crippen molar-refractivity contribution in [3.05, 3.63) is 26.6 Å². The number of carbonyl (C=O) groups is 2. The lowest BCUT2D eigenvalue weighted by molar-refractivity contribution is -0.169. The SMILES string of the molecule is Cc1noc(=O)c(=O)n1CCCCC(N)(C(=O)O)C(=O)OC(C)(C)C. The zero-order chi connectivity index (χ0) is 19.4. The Labute approximate surface area is 143 Å². The highest BCUT2D eigenvalue weighted by Crippen LogP contribution is 2.19. The van der Waals surface area contributed by atoms with E-state index < -0.39 is 34.3 Å². The minimum Gasteiger partial charge on any atom is -0.479 e. The molecule has 0 aromatic carbocycles. The Balaban J connectivity index is 2.76. The van der Waals surface area contributed by atoms with Gasteiger partial charge in [0.05, 0.1) is 0 Å². The van der Waals surface area contributed by atoms with E-state index in [1.165, 1.54) is 6.92 Å². The van der Waals surface area contributed by atoms with Gasteiger partial charge in [-0.25, -0.2) is 14.4 Å². The van der Waals surface area contributed by atoms with Crippen LogP contribution in [0.4, 0.5) is 0 Å². The minimum absolute atomic E-state index is 0.118. The number of carboxylic acid groups (broad SMARTS) is 1. The number of aromatic nitrogens is 2. The maximum Gasteiger partial charge on any atom is 0.423 e. The maximum absolute atomic E-state index is 12.1. The third-order valence-corrected chi connectivity index (χ3v) is 3.42. The van der Waals surface area contributed by atoms with E-state index in [4.69, 9.17) is 10.5 Å². The summed E-state index contributed by atoms with van der Waals surface area (Å²) in [5.41, 5.74) is 0.751. The van der Waals surface area contributed by atoms with E-state index in [9.17, 15) is 24.3 Å². The van der Waals surface area contributed by atoms with Gasteiger partial charge in [-0.15, -0.1) is 0 Å². The first-order valence-corrected chi connectivity index (χ1v) is 7.71. The average Bonchev–Trinajstić information content (AvgIpc) is 2.48. The number of hydrogen-bond acceptors (Lipinski definition) is 8. The number of carboxylic acids is 1. The largest absolute Gasteiger partial charge is 0.479 e.